The highest BCUT2D eigenvalue weighted by Gasteiger charge is 2.12. The van der Waals surface area contributed by atoms with E-state index in [2.05, 4.69) is 29.8 Å². The summed E-state index contributed by atoms with van der Waals surface area (Å²) in [6, 6.07) is 3.41. The summed E-state index contributed by atoms with van der Waals surface area (Å²) in [5.74, 6) is 1.73. The van der Waals surface area contributed by atoms with Crippen LogP contribution in [0.1, 0.15) is 37.0 Å². The van der Waals surface area contributed by atoms with Crippen molar-refractivity contribution >= 4 is 22.2 Å². The summed E-state index contributed by atoms with van der Waals surface area (Å²) in [6.07, 6.45) is 3.07. The van der Waals surface area contributed by atoms with Crippen molar-refractivity contribution in [2.75, 3.05) is 13.7 Å². The van der Waals surface area contributed by atoms with Gasteiger partial charge in [0.05, 0.1) is 18.2 Å². The fourth-order valence-corrected chi connectivity index (χ4v) is 2.32. The predicted molar refractivity (Wildman–Crippen MR) is 75.6 cm³/mol. The average Bonchev–Trinajstić information content (AvgIpc) is 2.36. The zero-order valence-electron chi connectivity index (χ0n) is 11.0. The SMILES string of the molecule is CCCC(C)COc1c(Br)cc(C=O)cc1OC. The van der Waals surface area contributed by atoms with E-state index in [-0.39, 0.29) is 0 Å². The van der Waals surface area contributed by atoms with Crippen LogP contribution in [0.4, 0.5) is 0 Å². The largest absolute Gasteiger partial charge is 0.493 e. The van der Waals surface area contributed by atoms with E-state index >= 15 is 0 Å². The van der Waals surface area contributed by atoms with Crippen LogP contribution in [-0.4, -0.2) is 20.0 Å². The van der Waals surface area contributed by atoms with Crippen LogP contribution >= 0.6 is 15.9 Å². The fraction of sp³-hybridized carbons (Fsp3) is 0.500. The van der Waals surface area contributed by atoms with Crippen molar-refractivity contribution in [3.05, 3.63) is 22.2 Å². The normalized spacial score (nSPS) is 12.0. The van der Waals surface area contributed by atoms with Crippen LogP contribution in [0.5, 0.6) is 11.5 Å². The Morgan fingerprint density at radius 1 is 1.44 bits per heavy atom. The van der Waals surface area contributed by atoms with E-state index in [1.54, 1.807) is 19.2 Å². The molecule has 0 fully saturated rings. The van der Waals surface area contributed by atoms with Gasteiger partial charge in [0, 0.05) is 5.56 Å². The minimum absolute atomic E-state index is 0.498. The lowest BCUT2D eigenvalue weighted by atomic mass is 10.1. The Morgan fingerprint density at radius 2 is 2.17 bits per heavy atom. The quantitative estimate of drug-likeness (QED) is 0.711. The maximum atomic E-state index is 10.8. The molecule has 0 saturated heterocycles. The third-order valence-corrected chi connectivity index (χ3v) is 3.27. The zero-order chi connectivity index (χ0) is 13.5. The maximum absolute atomic E-state index is 10.8. The molecule has 1 atom stereocenters. The van der Waals surface area contributed by atoms with E-state index in [0.717, 1.165) is 23.6 Å². The topological polar surface area (TPSA) is 35.5 Å². The predicted octanol–water partition coefficient (Wildman–Crippen LogP) is 4.09. The first-order chi connectivity index (χ1) is 8.62. The number of carbonyl (C=O) groups excluding carboxylic acids is 1. The smallest absolute Gasteiger partial charge is 0.175 e. The van der Waals surface area contributed by atoms with E-state index in [4.69, 9.17) is 9.47 Å². The van der Waals surface area contributed by atoms with Crippen LogP contribution < -0.4 is 9.47 Å². The molecule has 0 bridgehead atoms. The van der Waals surface area contributed by atoms with Gasteiger partial charge in [0.25, 0.3) is 0 Å². The van der Waals surface area contributed by atoms with Gasteiger partial charge >= 0.3 is 0 Å². The second-order valence-electron chi connectivity index (χ2n) is 4.36. The Bertz CT molecular complexity index is 404. The molecule has 0 saturated carbocycles. The van der Waals surface area contributed by atoms with E-state index in [1.807, 2.05) is 0 Å². The molecular formula is C14H19BrO3. The third kappa shape index (κ3) is 4.02. The first-order valence-electron chi connectivity index (χ1n) is 6.07. The molecule has 0 aliphatic heterocycles. The van der Waals surface area contributed by atoms with Gasteiger partial charge in [0.1, 0.15) is 6.29 Å². The number of methoxy groups -OCH3 is 1. The molecule has 0 N–H and O–H groups in total. The van der Waals surface area contributed by atoms with E-state index < -0.39 is 0 Å². The molecular weight excluding hydrogens is 296 g/mol. The van der Waals surface area contributed by atoms with Crippen molar-refractivity contribution in [3.8, 4) is 11.5 Å². The number of aldehydes is 1. The van der Waals surface area contributed by atoms with E-state index in [1.165, 1.54) is 0 Å². The molecule has 1 rings (SSSR count). The summed E-state index contributed by atoms with van der Waals surface area (Å²) in [6.45, 7) is 4.96. The molecule has 0 aromatic heterocycles. The lowest BCUT2D eigenvalue weighted by Crippen LogP contribution is -2.09. The van der Waals surface area contributed by atoms with Crippen LogP contribution in [0.3, 0.4) is 0 Å². The van der Waals surface area contributed by atoms with Crippen LogP contribution in [0, 0.1) is 5.92 Å². The van der Waals surface area contributed by atoms with Crippen molar-refractivity contribution in [3.63, 3.8) is 0 Å². The lowest BCUT2D eigenvalue weighted by Gasteiger charge is -2.16. The van der Waals surface area contributed by atoms with Gasteiger partial charge in [-0.05, 0) is 40.4 Å². The Hall–Kier alpha value is -1.03. The zero-order valence-corrected chi connectivity index (χ0v) is 12.6. The third-order valence-electron chi connectivity index (χ3n) is 2.68. The van der Waals surface area contributed by atoms with Gasteiger partial charge in [0.2, 0.25) is 0 Å². The molecule has 0 aliphatic carbocycles. The van der Waals surface area contributed by atoms with Crippen molar-refractivity contribution < 1.29 is 14.3 Å². The molecule has 4 heteroatoms. The molecule has 1 unspecified atom stereocenters. The summed E-state index contributed by atoms with van der Waals surface area (Å²) in [4.78, 5) is 10.8. The summed E-state index contributed by atoms with van der Waals surface area (Å²) < 4.78 is 11.8. The van der Waals surface area contributed by atoms with Gasteiger partial charge in [-0.1, -0.05) is 20.3 Å². The number of carbonyl (C=O) groups is 1. The molecule has 100 valence electrons. The number of halogens is 1. The molecule has 3 nitrogen and oxygen atoms in total. The van der Waals surface area contributed by atoms with Gasteiger partial charge in [-0.25, -0.2) is 0 Å². The van der Waals surface area contributed by atoms with Crippen LogP contribution in [0.15, 0.2) is 16.6 Å². The van der Waals surface area contributed by atoms with Gasteiger partial charge in [-0.15, -0.1) is 0 Å². The second-order valence-corrected chi connectivity index (χ2v) is 5.21. The molecule has 0 heterocycles. The summed E-state index contributed by atoms with van der Waals surface area (Å²) >= 11 is 3.40. The number of rotatable bonds is 7. The second kappa shape index (κ2) is 7.41. The highest BCUT2D eigenvalue weighted by molar-refractivity contribution is 9.10. The van der Waals surface area contributed by atoms with Crippen molar-refractivity contribution in [1.82, 2.24) is 0 Å². The van der Waals surface area contributed by atoms with Gasteiger partial charge < -0.3 is 9.47 Å². The molecule has 0 aliphatic rings. The molecule has 0 amide bonds. The Labute approximate surface area is 117 Å². The number of benzene rings is 1. The van der Waals surface area contributed by atoms with Crippen molar-refractivity contribution in [2.24, 2.45) is 5.92 Å². The summed E-state index contributed by atoms with van der Waals surface area (Å²) in [5.41, 5.74) is 0.563. The number of ether oxygens (including phenoxy) is 2. The standard InChI is InChI=1S/C14H19BrO3/c1-4-5-10(2)9-18-14-12(15)6-11(8-16)7-13(14)17-3/h6-8,10H,4-5,9H2,1-3H3. The monoisotopic (exact) mass is 314 g/mol. The maximum Gasteiger partial charge on any atom is 0.175 e. The van der Waals surface area contributed by atoms with Gasteiger partial charge in [-0.2, -0.15) is 0 Å². The van der Waals surface area contributed by atoms with Crippen molar-refractivity contribution in [1.29, 1.82) is 0 Å². The lowest BCUT2D eigenvalue weighted by molar-refractivity contribution is 0.112. The van der Waals surface area contributed by atoms with E-state index in [9.17, 15) is 4.79 Å². The first kappa shape index (κ1) is 15.0. The minimum atomic E-state index is 0.498. The van der Waals surface area contributed by atoms with Crippen LogP contribution in [0.2, 0.25) is 0 Å². The highest BCUT2D eigenvalue weighted by Crippen LogP contribution is 2.36. The average molecular weight is 315 g/mol. The van der Waals surface area contributed by atoms with Crippen molar-refractivity contribution in [2.45, 2.75) is 26.7 Å². The molecule has 1 aromatic carbocycles. The fourth-order valence-electron chi connectivity index (χ4n) is 1.75. The Morgan fingerprint density at radius 3 is 2.72 bits per heavy atom. The number of hydrogen-bond acceptors (Lipinski definition) is 3. The Balaban J connectivity index is 2.84. The summed E-state index contributed by atoms with van der Waals surface area (Å²) in [7, 11) is 1.57. The first-order valence-corrected chi connectivity index (χ1v) is 6.87. The molecule has 1 aromatic rings. The van der Waals surface area contributed by atoms with E-state index in [0.29, 0.717) is 29.6 Å². The molecule has 0 spiro atoms. The highest BCUT2D eigenvalue weighted by atomic mass is 79.9. The summed E-state index contributed by atoms with van der Waals surface area (Å²) in [5, 5.41) is 0. The molecule has 18 heavy (non-hydrogen) atoms. The minimum Gasteiger partial charge on any atom is -0.493 e. The number of hydrogen-bond donors (Lipinski definition) is 0. The van der Waals surface area contributed by atoms with Gasteiger partial charge in [0.15, 0.2) is 11.5 Å². The Kier molecular flexibility index (Phi) is 6.19. The van der Waals surface area contributed by atoms with Gasteiger partial charge in [-0.3, -0.25) is 4.79 Å². The van der Waals surface area contributed by atoms with Crippen LogP contribution in [0.25, 0.3) is 0 Å². The van der Waals surface area contributed by atoms with Crippen LogP contribution in [-0.2, 0) is 0 Å². The molecule has 0 radical (unpaired) electrons.